The van der Waals surface area contributed by atoms with Crippen molar-refractivity contribution >= 4 is 11.9 Å². The van der Waals surface area contributed by atoms with Crippen molar-refractivity contribution in [3.05, 3.63) is 24.3 Å². The molecule has 0 spiro atoms. The lowest BCUT2D eigenvalue weighted by Gasteiger charge is -2.22. The maximum atomic E-state index is 12.5. The van der Waals surface area contributed by atoms with E-state index >= 15 is 0 Å². The van der Waals surface area contributed by atoms with Crippen molar-refractivity contribution in [1.82, 2.24) is 5.32 Å². The molecular weight excluding hydrogens is 887 g/mol. The Labute approximate surface area is 450 Å². The van der Waals surface area contributed by atoms with Gasteiger partial charge in [0.2, 0.25) is 5.91 Å². The van der Waals surface area contributed by atoms with Crippen LogP contribution in [0.15, 0.2) is 24.3 Å². The van der Waals surface area contributed by atoms with Crippen LogP contribution < -0.4 is 5.32 Å². The average molecular weight is 1010 g/mol. The monoisotopic (exact) mass is 1010 g/mol. The molecule has 0 saturated heterocycles. The number of aliphatic hydroxyl groups is 2. The summed E-state index contributed by atoms with van der Waals surface area (Å²) >= 11 is 0. The fourth-order valence-corrected chi connectivity index (χ4v) is 10.2. The van der Waals surface area contributed by atoms with Gasteiger partial charge in [0, 0.05) is 12.8 Å². The second kappa shape index (κ2) is 61.9. The smallest absolute Gasteiger partial charge is 0.305 e. The minimum absolute atomic E-state index is 0.00623. The number of rotatable bonds is 61. The van der Waals surface area contributed by atoms with Crippen LogP contribution in [0.25, 0.3) is 0 Å². The van der Waals surface area contributed by atoms with Crippen LogP contribution in [0.2, 0.25) is 0 Å². The summed E-state index contributed by atoms with van der Waals surface area (Å²) in [5.74, 6) is -0.0252. The molecule has 0 rings (SSSR count). The highest BCUT2D eigenvalue weighted by Gasteiger charge is 2.20. The summed E-state index contributed by atoms with van der Waals surface area (Å²) < 4.78 is 5.46. The van der Waals surface area contributed by atoms with Crippen LogP contribution in [0.4, 0.5) is 0 Å². The largest absolute Gasteiger partial charge is 0.466 e. The number of esters is 1. The number of ether oxygens (including phenoxy) is 1. The Bertz CT molecular complexity index is 1120. The van der Waals surface area contributed by atoms with Crippen LogP contribution >= 0.6 is 0 Å². The van der Waals surface area contributed by atoms with E-state index < -0.39 is 12.1 Å². The molecule has 1 amide bonds. The van der Waals surface area contributed by atoms with Gasteiger partial charge in [0.1, 0.15) is 0 Å². The summed E-state index contributed by atoms with van der Waals surface area (Å²) in [7, 11) is 0. The summed E-state index contributed by atoms with van der Waals surface area (Å²) in [5, 5.41) is 23.3. The Kier molecular flexibility index (Phi) is 60.5. The summed E-state index contributed by atoms with van der Waals surface area (Å²) in [6.45, 7) is 4.93. The van der Waals surface area contributed by atoms with E-state index in [9.17, 15) is 19.8 Å². The molecule has 0 aliphatic carbocycles. The molecule has 0 radical (unpaired) electrons. The number of carbonyl (C=O) groups is 2. The molecule has 2 atom stereocenters. The lowest BCUT2D eigenvalue weighted by Crippen LogP contribution is -2.45. The molecule has 0 aliphatic heterocycles. The number of allylic oxidation sites excluding steroid dienone is 4. The normalized spacial score (nSPS) is 12.7. The predicted molar refractivity (Wildman–Crippen MR) is 315 cm³/mol. The number of carbonyl (C=O) groups excluding carboxylic acids is 2. The molecule has 0 fully saturated rings. The molecule has 0 heterocycles. The molecule has 3 N–H and O–H groups in total. The van der Waals surface area contributed by atoms with Gasteiger partial charge < -0.3 is 20.3 Å². The van der Waals surface area contributed by atoms with Crippen molar-refractivity contribution in [1.29, 1.82) is 0 Å². The molecule has 2 unspecified atom stereocenters. The van der Waals surface area contributed by atoms with Crippen molar-refractivity contribution in [2.75, 3.05) is 13.2 Å². The van der Waals surface area contributed by atoms with Gasteiger partial charge in [-0.25, -0.2) is 0 Å². The highest BCUT2D eigenvalue weighted by atomic mass is 16.5. The summed E-state index contributed by atoms with van der Waals surface area (Å²) in [4.78, 5) is 24.5. The van der Waals surface area contributed by atoms with Crippen molar-refractivity contribution in [2.45, 2.75) is 373 Å². The fourth-order valence-electron chi connectivity index (χ4n) is 10.2. The Morgan fingerprint density at radius 1 is 0.375 bits per heavy atom. The molecule has 0 aromatic carbocycles. The van der Waals surface area contributed by atoms with Crippen molar-refractivity contribution in [2.24, 2.45) is 0 Å². The molecule has 0 saturated carbocycles. The van der Waals surface area contributed by atoms with Gasteiger partial charge in [-0.1, -0.05) is 301 Å². The van der Waals surface area contributed by atoms with Gasteiger partial charge in [-0.2, -0.15) is 0 Å². The first-order valence-electron chi connectivity index (χ1n) is 32.6. The topological polar surface area (TPSA) is 95.9 Å². The van der Waals surface area contributed by atoms with Gasteiger partial charge in [-0.15, -0.1) is 0 Å². The number of hydrogen-bond acceptors (Lipinski definition) is 5. The average Bonchev–Trinajstić information content (AvgIpc) is 3.38. The van der Waals surface area contributed by atoms with Gasteiger partial charge in [0.15, 0.2) is 0 Å². The minimum atomic E-state index is -0.662. The fraction of sp³-hybridized carbons (Fsp3) is 0.909. The zero-order valence-corrected chi connectivity index (χ0v) is 48.7. The molecule has 0 aromatic heterocycles. The molecule has 0 aromatic rings. The van der Waals surface area contributed by atoms with Gasteiger partial charge in [0.25, 0.3) is 0 Å². The van der Waals surface area contributed by atoms with Crippen LogP contribution in [0.5, 0.6) is 0 Å². The lowest BCUT2D eigenvalue weighted by molar-refractivity contribution is -0.143. The second-order valence-electron chi connectivity index (χ2n) is 22.4. The summed E-state index contributed by atoms with van der Waals surface area (Å²) in [5.41, 5.74) is 0. The third-order valence-electron chi connectivity index (χ3n) is 15.2. The SMILES string of the molecule is CCCC/C=C\CCCCCCCC(=O)OCCCCCCCCCCCCCC/C=C\CCCCCCCCCCCCCCCCC(=O)NC(CO)C(O)CCCCCCCCCCCCCCCC. The standard InChI is InChI=1S/C66H127NO5/c1-3-5-7-9-11-13-15-16-35-39-42-46-50-54-58-64(69)63(62-68)67-65(70)59-55-51-47-43-40-36-33-31-29-27-25-23-21-19-17-18-20-22-24-26-28-30-32-34-37-41-45-49-53-57-61-72-66(71)60-56-52-48-44-38-14-12-10-8-6-4-2/h10,12,18,20,63-64,68-69H,3-9,11,13-17,19,21-62H2,1-2H3,(H,67,70)/b12-10-,20-18-. The molecule has 6 heteroatoms. The van der Waals surface area contributed by atoms with Crippen molar-refractivity contribution < 1.29 is 24.5 Å². The third kappa shape index (κ3) is 57.6. The first kappa shape index (κ1) is 70.3. The van der Waals surface area contributed by atoms with Gasteiger partial charge in [0.05, 0.1) is 25.4 Å². The first-order chi connectivity index (χ1) is 35.5. The molecule has 0 bridgehead atoms. The maximum absolute atomic E-state index is 12.5. The Morgan fingerprint density at radius 3 is 1.03 bits per heavy atom. The number of aliphatic hydroxyl groups excluding tert-OH is 2. The van der Waals surface area contributed by atoms with E-state index in [1.807, 2.05) is 0 Å². The molecule has 6 nitrogen and oxygen atoms in total. The Balaban J connectivity index is 3.36. The maximum Gasteiger partial charge on any atom is 0.305 e. The molecular formula is C66H127NO5. The molecule has 72 heavy (non-hydrogen) atoms. The zero-order valence-electron chi connectivity index (χ0n) is 48.7. The second-order valence-corrected chi connectivity index (χ2v) is 22.4. The van der Waals surface area contributed by atoms with Crippen LogP contribution in [0.3, 0.4) is 0 Å². The molecule has 426 valence electrons. The van der Waals surface area contributed by atoms with E-state index in [1.165, 1.54) is 283 Å². The zero-order chi connectivity index (χ0) is 52.2. The highest BCUT2D eigenvalue weighted by molar-refractivity contribution is 5.76. The number of unbranched alkanes of at least 4 members (excludes halogenated alkanes) is 46. The van der Waals surface area contributed by atoms with E-state index in [0.29, 0.717) is 25.9 Å². The van der Waals surface area contributed by atoms with E-state index in [1.54, 1.807) is 0 Å². The van der Waals surface area contributed by atoms with Gasteiger partial charge in [-0.3, -0.25) is 9.59 Å². The molecule has 0 aliphatic rings. The number of amides is 1. The van der Waals surface area contributed by atoms with Crippen molar-refractivity contribution in [3.8, 4) is 0 Å². The number of nitrogens with one attached hydrogen (secondary N) is 1. The van der Waals surface area contributed by atoms with E-state index in [2.05, 4.69) is 43.5 Å². The van der Waals surface area contributed by atoms with Crippen LogP contribution in [-0.4, -0.2) is 47.4 Å². The summed E-state index contributed by atoms with van der Waals surface area (Å²) in [6.07, 6.45) is 76.4. The lowest BCUT2D eigenvalue weighted by atomic mass is 10.0. The van der Waals surface area contributed by atoms with Crippen LogP contribution in [-0.2, 0) is 14.3 Å². The van der Waals surface area contributed by atoms with Gasteiger partial charge in [-0.05, 0) is 70.6 Å². The van der Waals surface area contributed by atoms with Crippen LogP contribution in [0, 0.1) is 0 Å². The number of hydrogen-bond donors (Lipinski definition) is 3. The Hall–Kier alpha value is -1.66. The first-order valence-corrected chi connectivity index (χ1v) is 32.6. The summed E-state index contributed by atoms with van der Waals surface area (Å²) in [6, 6.07) is -0.539. The predicted octanol–water partition coefficient (Wildman–Crippen LogP) is 20.6. The quantitative estimate of drug-likeness (QED) is 0.0320. The minimum Gasteiger partial charge on any atom is -0.466 e. The van der Waals surface area contributed by atoms with Gasteiger partial charge >= 0.3 is 5.97 Å². The Morgan fingerprint density at radius 2 is 0.667 bits per heavy atom. The van der Waals surface area contributed by atoms with E-state index in [-0.39, 0.29) is 18.5 Å². The third-order valence-corrected chi connectivity index (χ3v) is 15.2. The highest BCUT2D eigenvalue weighted by Crippen LogP contribution is 2.18. The van der Waals surface area contributed by atoms with Crippen molar-refractivity contribution in [3.63, 3.8) is 0 Å². The van der Waals surface area contributed by atoms with E-state index in [4.69, 9.17) is 4.74 Å². The van der Waals surface area contributed by atoms with Crippen LogP contribution in [0.1, 0.15) is 361 Å². The van der Waals surface area contributed by atoms with E-state index in [0.717, 1.165) is 44.9 Å².